The van der Waals surface area contributed by atoms with Crippen molar-refractivity contribution in [2.45, 2.75) is 50.1 Å². The summed E-state index contributed by atoms with van der Waals surface area (Å²) in [4.78, 5) is 15.1. The smallest absolute Gasteiger partial charge is 0.254 e. The number of aromatic nitrogens is 1. The van der Waals surface area contributed by atoms with Gasteiger partial charge in [0.1, 0.15) is 6.61 Å². The fourth-order valence-corrected chi connectivity index (χ4v) is 6.60. The molecule has 154 valence electrons. The van der Waals surface area contributed by atoms with E-state index < -0.39 is 10.0 Å². The highest BCUT2D eigenvalue weighted by Crippen LogP contribution is 2.50. The Kier molecular flexibility index (Phi) is 4.26. The number of benzene rings is 1. The molecule has 0 amide bonds. The van der Waals surface area contributed by atoms with Gasteiger partial charge < -0.3 is 4.84 Å². The number of sulfonamides is 1. The van der Waals surface area contributed by atoms with Gasteiger partial charge in [-0.2, -0.15) is 0 Å². The number of rotatable bonds is 4. The second-order valence-corrected chi connectivity index (χ2v) is 11.7. The van der Waals surface area contributed by atoms with Crippen LogP contribution in [-0.4, -0.2) is 37.5 Å². The molecule has 2 aliphatic heterocycles. The first-order valence-electron chi connectivity index (χ1n) is 9.28. The Morgan fingerprint density at radius 1 is 1.38 bits per heavy atom. The van der Waals surface area contributed by atoms with Crippen LogP contribution < -0.4 is 14.5 Å². The third kappa shape index (κ3) is 3.15. The van der Waals surface area contributed by atoms with Gasteiger partial charge in [-0.1, -0.05) is 0 Å². The summed E-state index contributed by atoms with van der Waals surface area (Å²) in [6.45, 7) is 6.39. The molecular formula is C18H20BrN5O3S2. The zero-order valence-corrected chi connectivity index (χ0v) is 19.4. The van der Waals surface area contributed by atoms with Crippen molar-refractivity contribution >= 4 is 59.8 Å². The number of guanidine groups is 1. The summed E-state index contributed by atoms with van der Waals surface area (Å²) in [7, 11) is -3.66. The molecule has 2 aromatic rings. The van der Waals surface area contributed by atoms with Crippen LogP contribution in [0.25, 0.3) is 0 Å². The lowest BCUT2D eigenvalue weighted by Gasteiger charge is -2.30. The summed E-state index contributed by atoms with van der Waals surface area (Å²) in [5, 5.41) is 4.99. The van der Waals surface area contributed by atoms with Gasteiger partial charge in [0.15, 0.2) is 5.13 Å². The van der Waals surface area contributed by atoms with Crippen LogP contribution in [0.1, 0.15) is 31.6 Å². The number of hydrogen-bond donors (Lipinski definition) is 1. The molecule has 1 fully saturated rings. The average molecular weight is 498 g/mol. The van der Waals surface area contributed by atoms with Gasteiger partial charge in [-0.05, 0) is 66.8 Å². The van der Waals surface area contributed by atoms with Crippen molar-refractivity contribution in [3.05, 3.63) is 27.7 Å². The van der Waals surface area contributed by atoms with Gasteiger partial charge in [-0.3, -0.25) is 9.80 Å². The number of aryl methyl sites for hydroxylation is 1. The second kappa shape index (κ2) is 6.40. The number of nitrogens with zero attached hydrogens (tertiary/aromatic N) is 4. The Balaban J connectivity index is 1.69. The molecule has 0 bridgehead atoms. The number of fused-ring (bicyclic) bond motifs is 3. The SMILES string of the molecule is Cc1cnc(N2C3=NOC[C@@H](C)N3c3c(Br)cc(S(=O)(=O)NC4(C)CC4)cc32)s1. The van der Waals surface area contributed by atoms with Gasteiger partial charge in [0.05, 0.1) is 22.3 Å². The average Bonchev–Trinajstić information content (AvgIpc) is 3.06. The standard InChI is InChI=1S/C18H20BrN5O3S2/c1-10-9-27-21-16-23(10)15-13(19)6-12(29(25,26)22-18(3)4-5-18)7-14(15)24(16)17-20-8-11(2)28-17/h6-8,10,22H,4-5,9H2,1-3H3/t10-/m1/s1. The minimum absolute atomic E-state index is 0.0366. The van der Waals surface area contributed by atoms with E-state index in [0.717, 1.165) is 23.4 Å². The molecule has 1 aromatic carbocycles. The Bertz CT molecular complexity index is 1140. The largest absolute Gasteiger partial charge is 0.391 e. The van der Waals surface area contributed by atoms with Gasteiger partial charge in [0.25, 0.3) is 5.96 Å². The summed E-state index contributed by atoms with van der Waals surface area (Å²) < 4.78 is 29.6. The van der Waals surface area contributed by atoms with Gasteiger partial charge in [-0.15, -0.1) is 11.3 Å². The number of anilines is 3. The number of thiazole rings is 1. The summed E-state index contributed by atoms with van der Waals surface area (Å²) in [5.74, 6) is 0.588. The fraction of sp³-hybridized carbons (Fsp3) is 0.444. The lowest BCUT2D eigenvalue weighted by atomic mass is 10.2. The molecule has 8 nitrogen and oxygen atoms in total. The summed E-state index contributed by atoms with van der Waals surface area (Å²) in [5.41, 5.74) is 1.23. The molecule has 11 heteroatoms. The van der Waals surface area contributed by atoms with Gasteiger partial charge >= 0.3 is 0 Å². The minimum atomic E-state index is -3.66. The maximum atomic E-state index is 13.0. The zero-order chi connectivity index (χ0) is 20.6. The molecule has 0 unspecified atom stereocenters. The van der Waals surface area contributed by atoms with Crippen LogP contribution in [0.5, 0.6) is 0 Å². The third-order valence-corrected chi connectivity index (χ3v) is 8.43. The van der Waals surface area contributed by atoms with Crippen molar-refractivity contribution in [2.75, 3.05) is 16.4 Å². The maximum Gasteiger partial charge on any atom is 0.254 e. The van der Waals surface area contributed by atoms with E-state index in [-0.39, 0.29) is 16.5 Å². The highest BCUT2D eigenvalue weighted by Gasteiger charge is 2.45. The van der Waals surface area contributed by atoms with E-state index in [0.29, 0.717) is 27.9 Å². The lowest BCUT2D eigenvalue weighted by molar-refractivity contribution is 0.122. The molecule has 29 heavy (non-hydrogen) atoms. The molecule has 1 atom stereocenters. The highest BCUT2D eigenvalue weighted by molar-refractivity contribution is 9.10. The van der Waals surface area contributed by atoms with Gasteiger partial charge in [0.2, 0.25) is 10.0 Å². The van der Waals surface area contributed by atoms with E-state index in [1.165, 1.54) is 11.3 Å². The molecule has 5 rings (SSSR count). The number of oxime groups is 1. The van der Waals surface area contributed by atoms with E-state index in [4.69, 9.17) is 4.84 Å². The van der Waals surface area contributed by atoms with Crippen molar-refractivity contribution < 1.29 is 13.3 Å². The summed E-state index contributed by atoms with van der Waals surface area (Å²) in [6, 6.07) is 3.39. The lowest BCUT2D eigenvalue weighted by Crippen LogP contribution is -2.46. The Labute approximate surface area is 181 Å². The second-order valence-electron chi connectivity index (χ2n) is 7.93. The normalized spacial score (nSPS) is 22.1. The van der Waals surface area contributed by atoms with Crippen LogP contribution in [0.15, 0.2) is 32.9 Å². The topological polar surface area (TPSA) is 87.1 Å². The van der Waals surface area contributed by atoms with Gasteiger partial charge in [-0.25, -0.2) is 18.1 Å². The third-order valence-electron chi connectivity index (χ3n) is 5.31. The van der Waals surface area contributed by atoms with E-state index in [2.05, 4.69) is 35.7 Å². The van der Waals surface area contributed by atoms with E-state index in [1.54, 1.807) is 18.3 Å². The van der Waals surface area contributed by atoms with Crippen LogP contribution in [-0.2, 0) is 14.9 Å². The first kappa shape index (κ1) is 19.3. The molecule has 1 saturated carbocycles. The maximum absolute atomic E-state index is 13.0. The monoisotopic (exact) mass is 497 g/mol. The fourth-order valence-electron chi connectivity index (χ4n) is 3.53. The van der Waals surface area contributed by atoms with Crippen LogP contribution in [0.2, 0.25) is 0 Å². The van der Waals surface area contributed by atoms with Crippen molar-refractivity contribution in [3.8, 4) is 0 Å². The molecule has 0 radical (unpaired) electrons. The molecule has 1 aromatic heterocycles. The number of hydrogen-bond acceptors (Lipinski definition) is 8. The van der Waals surface area contributed by atoms with Crippen LogP contribution >= 0.6 is 27.3 Å². The zero-order valence-electron chi connectivity index (χ0n) is 16.1. The first-order valence-corrected chi connectivity index (χ1v) is 12.4. The Morgan fingerprint density at radius 2 is 2.14 bits per heavy atom. The Morgan fingerprint density at radius 3 is 2.79 bits per heavy atom. The molecular weight excluding hydrogens is 478 g/mol. The van der Waals surface area contributed by atoms with E-state index in [9.17, 15) is 8.42 Å². The summed E-state index contributed by atoms with van der Waals surface area (Å²) >= 11 is 5.12. The number of halogens is 1. The molecule has 0 saturated heterocycles. The molecule has 3 heterocycles. The summed E-state index contributed by atoms with van der Waals surface area (Å²) in [6.07, 6.45) is 3.49. The number of nitrogens with one attached hydrogen (secondary N) is 1. The first-order chi connectivity index (χ1) is 13.7. The highest BCUT2D eigenvalue weighted by atomic mass is 79.9. The van der Waals surface area contributed by atoms with Crippen LogP contribution in [0, 0.1) is 6.92 Å². The predicted molar refractivity (Wildman–Crippen MR) is 116 cm³/mol. The van der Waals surface area contributed by atoms with Crippen LogP contribution in [0.3, 0.4) is 0 Å². The van der Waals surface area contributed by atoms with E-state index >= 15 is 0 Å². The van der Waals surface area contributed by atoms with Crippen molar-refractivity contribution in [1.29, 1.82) is 0 Å². The molecule has 3 aliphatic rings. The molecule has 0 spiro atoms. The predicted octanol–water partition coefficient (Wildman–Crippen LogP) is 3.69. The molecule has 1 N–H and O–H groups in total. The molecule has 1 aliphatic carbocycles. The van der Waals surface area contributed by atoms with E-state index in [1.807, 2.05) is 25.7 Å². The van der Waals surface area contributed by atoms with Crippen molar-refractivity contribution in [3.63, 3.8) is 0 Å². The van der Waals surface area contributed by atoms with Crippen molar-refractivity contribution in [2.24, 2.45) is 5.16 Å². The Hall–Kier alpha value is -1.69. The minimum Gasteiger partial charge on any atom is -0.391 e. The van der Waals surface area contributed by atoms with Crippen LogP contribution in [0.4, 0.5) is 16.5 Å². The van der Waals surface area contributed by atoms with Crippen molar-refractivity contribution in [1.82, 2.24) is 9.71 Å². The quantitative estimate of drug-likeness (QED) is 0.692. The van der Waals surface area contributed by atoms with Gasteiger partial charge in [0, 0.05) is 21.1 Å².